The fourth-order valence-electron chi connectivity index (χ4n) is 3.81. The van der Waals surface area contributed by atoms with Crippen LogP contribution >= 0.6 is 23.2 Å². The maximum Gasteiger partial charge on any atom is 0.243 e. The largest absolute Gasteiger partial charge is 0.357 e. The van der Waals surface area contributed by atoms with Gasteiger partial charge in [-0.15, -0.1) is 0 Å². The summed E-state index contributed by atoms with van der Waals surface area (Å²) in [4.78, 5) is 27.4. The Kier molecular flexibility index (Phi) is 8.77. The number of carbonyl (C=O) groups excluding carboxylic acids is 2. The first-order valence-corrected chi connectivity index (χ1v) is 13.2. The number of rotatable bonds is 9. The molecule has 186 valence electrons. The van der Waals surface area contributed by atoms with Gasteiger partial charge in [-0.2, -0.15) is 4.31 Å². The van der Waals surface area contributed by atoms with Crippen LogP contribution in [0.4, 0.5) is 0 Å². The van der Waals surface area contributed by atoms with E-state index in [2.05, 4.69) is 5.32 Å². The van der Waals surface area contributed by atoms with Gasteiger partial charge in [-0.1, -0.05) is 66.5 Å². The van der Waals surface area contributed by atoms with Gasteiger partial charge in [-0.25, -0.2) is 8.42 Å². The predicted molar refractivity (Wildman–Crippen MR) is 139 cm³/mol. The lowest BCUT2D eigenvalue weighted by molar-refractivity contribution is -0.141. The topological polar surface area (TPSA) is 86.8 Å². The average molecular weight is 536 g/mol. The molecule has 1 N–H and O–H groups in total. The van der Waals surface area contributed by atoms with Gasteiger partial charge >= 0.3 is 0 Å². The summed E-state index contributed by atoms with van der Waals surface area (Å²) in [6.45, 7) is 1.25. The molecule has 0 saturated carbocycles. The quantitative estimate of drug-likeness (QED) is 0.442. The number of hydrogen-bond acceptors (Lipinski definition) is 4. The molecule has 0 aliphatic heterocycles. The zero-order valence-corrected chi connectivity index (χ0v) is 22.0. The second-order valence-electron chi connectivity index (χ2n) is 8.03. The smallest absolute Gasteiger partial charge is 0.243 e. The highest BCUT2D eigenvalue weighted by Gasteiger charge is 2.32. The highest BCUT2D eigenvalue weighted by atomic mass is 35.5. The average Bonchev–Trinajstić information content (AvgIpc) is 2.84. The van der Waals surface area contributed by atoms with Crippen molar-refractivity contribution in [2.45, 2.75) is 30.8 Å². The highest BCUT2D eigenvalue weighted by Crippen LogP contribution is 2.27. The Labute approximate surface area is 215 Å². The number of nitrogens with one attached hydrogen (secondary N) is 1. The van der Waals surface area contributed by atoms with Crippen LogP contribution in [0.5, 0.6) is 0 Å². The number of fused-ring (bicyclic) bond motifs is 1. The number of benzene rings is 3. The molecule has 2 amide bonds. The number of hydrogen-bond donors (Lipinski definition) is 1. The molecule has 1 atom stereocenters. The summed E-state index contributed by atoms with van der Waals surface area (Å²) in [5.74, 6) is -0.924. The molecule has 0 saturated heterocycles. The minimum Gasteiger partial charge on any atom is -0.357 e. The van der Waals surface area contributed by atoms with Crippen LogP contribution in [0.2, 0.25) is 10.0 Å². The van der Waals surface area contributed by atoms with Crippen LogP contribution in [0, 0.1) is 0 Å². The predicted octanol–water partition coefficient (Wildman–Crippen LogP) is 4.32. The number of carbonyl (C=O) groups is 2. The van der Waals surface area contributed by atoms with E-state index in [0.717, 1.165) is 15.1 Å². The third kappa shape index (κ3) is 5.95. The van der Waals surface area contributed by atoms with Crippen LogP contribution in [-0.4, -0.2) is 56.1 Å². The van der Waals surface area contributed by atoms with Gasteiger partial charge in [0.05, 0.1) is 11.4 Å². The van der Waals surface area contributed by atoms with Crippen LogP contribution in [-0.2, 0) is 26.2 Å². The molecule has 0 aromatic heterocycles. The van der Waals surface area contributed by atoms with Crippen LogP contribution < -0.4 is 5.32 Å². The summed E-state index contributed by atoms with van der Waals surface area (Å²) in [5, 5.41) is 4.93. The first kappa shape index (κ1) is 26.9. The molecular formula is C25H27Cl2N3O4S. The first-order valence-electron chi connectivity index (χ1n) is 11.0. The van der Waals surface area contributed by atoms with Crippen molar-refractivity contribution < 1.29 is 18.0 Å². The molecule has 3 rings (SSSR count). The van der Waals surface area contributed by atoms with Gasteiger partial charge in [-0.05, 0) is 41.5 Å². The fourth-order valence-corrected chi connectivity index (χ4v) is 5.49. The molecular weight excluding hydrogens is 509 g/mol. The molecule has 35 heavy (non-hydrogen) atoms. The molecule has 0 heterocycles. The summed E-state index contributed by atoms with van der Waals surface area (Å²) in [6, 6.07) is 16.4. The van der Waals surface area contributed by atoms with E-state index >= 15 is 0 Å². The number of halogens is 2. The Balaban J connectivity index is 1.91. The van der Waals surface area contributed by atoms with E-state index in [4.69, 9.17) is 23.2 Å². The highest BCUT2D eigenvalue weighted by molar-refractivity contribution is 7.89. The lowest BCUT2D eigenvalue weighted by atomic mass is 10.1. The Morgan fingerprint density at radius 2 is 1.60 bits per heavy atom. The normalized spacial score (nSPS) is 12.5. The van der Waals surface area contributed by atoms with Crippen LogP contribution in [0.25, 0.3) is 10.8 Å². The zero-order valence-electron chi connectivity index (χ0n) is 19.7. The second kappa shape index (κ2) is 11.4. The Bertz CT molecular complexity index is 1330. The standard InChI is InChI=1S/C25H27Cl2N3O4S/c1-4-23(25(32)28-2)30(15-20-21(26)10-7-11-22(20)27)24(31)16-29(3)35(33,34)19-13-12-17-8-5-6-9-18(17)14-19/h5-14,23H,4,15-16H2,1-3H3,(H,28,32)/t23-/m1/s1. The monoisotopic (exact) mass is 535 g/mol. The Hall–Kier alpha value is -2.65. The summed E-state index contributed by atoms with van der Waals surface area (Å²) in [6.07, 6.45) is 0.314. The minimum absolute atomic E-state index is 0.0485. The SMILES string of the molecule is CC[C@H](C(=O)NC)N(Cc1c(Cl)cccc1Cl)C(=O)CN(C)S(=O)(=O)c1ccc2ccccc2c1. The number of amides is 2. The molecule has 0 spiro atoms. The summed E-state index contributed by atoms with van der Waals surface area (Å²) in [7, 11) is -1.16. The third-order valence-electron chi connectivity index (χ3n) is 5.81. The second-order valence-corrected chi connectivity index (χ2v) is 10.9. The molecule has 10 heteroatoms. The van der Waals surface area contributed by atoms with Crippen LogP contribution in [0.3, 0.4) is 0 Å². The van der Waals surface area contributed by atoms with E-state index in [1.165, 1.54) is 25.1 Å². The van der Waals surface area contributed by atoms with Crippen LogP contribution in [0.1, 0.15) is 18.9 Å². The maximum absolute atomic E-state index is 13.4. The van der Waals surface area contributed by atoms with Gasteiger partial charge in [0.1, 0.15) is 6.04 Å². The van der Waals surface area contributed by atoms with Gasteiger partial charge in [0.25, 0.3) is 0 Å². The molecule has 0 aliphatic carbocycles. The maximum atomic E-state index is 13.4. The summed E-state index contributed by atoms with van der Waals surface area (Å²) < 4.78 is 27.5. The van der Waals surface area contributed by atoms with E-state index in [1.54, 1.807) is 37.3 Å². The molecule has 0 radical (unpaired) electrons. The molecule has 3 aromatic carbocycles. The zero-order chi connectivity index (χ0) is 25.8. The van der Waals surface area contributed by atoms with E-state index in [-0.39, 0.29) is 17.3 Å². The van der Waals surface area contributed by atoms with E-state index < -0.39 is 28.5 Å². The lowest BCUT2D eigenvalue weighted by Gasteiger charge is -2.32. The molecule has 0 bridgehead atoms. The van der Waals surface area contributed by atoms with Crippen LogP contribution in [0.15, 0.2) is 65.6 Å². The van der Waals surface area contributed by atoms with Crippen molar-refractivity contribution in [1.29, 1.82) is 0 Å². The molecule has 0 unspecified atom stereocenters. The van der Waals surface area contributed by atoms with E-state index in [9.17, 15) is 18.0 Å². The fraction of sp³-hybridized carbons (Fsp3) is 0.280. The van der Waals surface area contributed by atoms with Gasteiger partial charge in [0.15, 0.2) is 0 Å². The third-order valence-corrected chi connectivity index (χ3v) is 8.32. The van der Waals surface area contributed by atoms with Crippen molar-refractivity contribution in [3.05, 3.63) is 76.3 Å². The summed E-state index contributed by atoms with van der Waals surface area (Å²) in [5.41, 5.74) is 0.478. The van der Waals surface area contributed by atoms with Crippen molar-refractivity contribution in [1.82, 2.24) is 14.5 Å². The van der Waals surface area contributed by atoms with Gasteiger partial charge in [0, 0.05) is 36.2 Å². The van der Waals surface area contributed by atoms with E-state index in [1.807, 2.05) is 24.3 Å². The minimum atomic E-state index is -3.97. The Morgan fingerprint density at radius 1 is 0.971 bits per heavy atom. The van der Waals surface area contributed by atoms with Crippen molar-refractivity contribution in [2.75, 3.05) is 20.6 Å². The Morgan fingerprint density at radius 3 is 2.20 bits per heavy atom. The number of likely N-dealkylation sites (N-methyl/N-ethyl adjacent to an activating group) is 2. The van der Waals surface area contributed by atoms with Gasteiger partial charge in [0.2, 0.25) is 21.8 Å². The van der Waals surface area contributed by atoms with E-state index in [0.29, 0.717) is 22.0 Å². The first-order chi connectivity index (χ1) is 16.6. The van der Waals surface area contributed by atoms with Crippen molar-refractivity contribution in [3.8, 4) is 0 Å². The molecule has 0 fully saturated rings. The van der Waals surface area contributed by atoms with Crippen molar-refractivity contribution >= 4 is 55.8 Å². The lowest BCUT2D eigenvalue weighted by Crippen LogP contribution is -2.51. The molecule has 0 aliphatic rings. The molecule has 3 aromatic rings. The molecule has 7 nitrogen and oxygen atoms in total. The van der Waals surface area contributed by atoms with Gasteiger partial charge < -0.3 is 10.2 Å². The van der Waals surface area contributed by atoms with Crippen molar-refractivity contribution in [2.24, 2.45) is 0 Å². The number of sulfonamides is 1. The van der Waals surface area contributed by atoms with Crippen molar-refractivity contribution in [3.63, 3.8) is 0 Å². The summed E-state index contributed by atoms with van der Waals surface area (Å²) >= 11 is 12.6. The van der Waals surface area contributed by atoms with Gasteiger partial charge in [-0.3, -0.25) is 9.59 Å². The number of nitrogens with zero attached hydrogens (tertiary/aromatic N) is 2.